The Bertz CT molecular complexity index is 106. The highest BCUT2D eigenvalue weighted by atomic mass is 32.2. The zero-order valence-corrected chi connectivity index (χ0v) is 6.11. The number of allylic oxidation sites excluding steroid dienone is 1. The minimum atomic E-state index is 1.17. The van der Waals surface area contributed by atoms with Crippen LogP contribution in [-0.4, -0.2) is 0 Å². The molecule has 0 heterocycles. The zero-order chi connectivity index (χ0) is 5.70. The van der Waals surface area contributed by atoms with Crippen molar-refractivity contribution >= 4 is 21.0 Å². The number of thioether (sulfide) groups is 1. The van der Waals surface area contributed by atoms with E-state index in [-0.39, 0.29) is 0 Å². The second-order valence-electron chi connectivity index (χ2n) is 1.10. The first kappa shape index (κ1) is 7.08. The van der Waals surface area contributed by atoms with Gasteiger partial charge in [0.25, 0.3) is 0 Å². The van der Waals surface area contributed by atoms with E-state index in [2.05, 4.69) is 14.5 Å². The van der Waals surface area contributed by atoms with Gasteiger partial charge in [-0.2, -0.15) is 0 Å². The molecule has 0 rings (SSSR count). The number of terminal acetylenes is 1. The van der Waals surface area contributed by atoms with Crippen LogP contribution in [-0.2, 0) is 0 Å². The van der Waals surface area contributed by atoms with E-state index in [9.17, 15) is 0 Å². The topological polar surface area (TPSA) is 0 Å². The molecule has 0 aliphatic carbocycles. The fraction of sp³-hybridized carbons (Fsp3) is 0.200. The molecule has 0 amide bonds. The maximum atomic E-state index is 4.94. The van der Waals surface area contributed by atoms with Crippen LogP contribution in [0.5, 0.6) is 0 Å². The Morgan fingerprint density at radius 1 is 2.00 bits per heavy atom. The lowest BCUT2D eigenvalue weighted by Gasteiger charge is -1.79. The monoisotopic (exact) mass is 130 g/mol. The highest BCUT2D eigenvalue weighted by Crippen LogP contribution is 2.09. The van der Waals surface area contributed by atoms with Crippen LogP contribution in [0.3, 0.4) is 0 Å². The van der Waals surface area contributed by atoms with Gasteiger partial charge in [0.1, 0.15) is 0 Å². The summed E-state index contributed by atoms with van der Waals surface area (Å²) in [5, 5.41) is 5.50. The fourth-order valence-corrected chi connectivity index (χ4v) is 0.585. The Labute approximate surface area is 51.0 Å². The summed E-state index contributed by atoms with van der Waals surface area (Å²) in [6.45, 7) is 1.98. The van der Waals surface area contributed by atoms with Gasteiger partial charge in [0, 0.05) is 0 Å². The molecule has 0 aromatic heterocycles. The summed E-state index contributed by atoms with van der Waals surface area (Å²) >= 11 is 1.36. The third-order valence-corrected chi connectivity index (χ3v) is 1.35. The second-order valence-corrected chi connectivity index (χ2v) is 2.72. The van der Waals surface area contributed by atoms with Crippen molar-refractivity contribution in [3.8, 4) is 11.7 Å². The Hall–Kier alpha value is 0.0800. The first-order valence-electron chi connectivity index (χ1n) is 1.81. The molecule has 0 saturated carbocycles. The summed E-state index contributed by atoms with van der Waals surface area (Å²) in [6, 6.07) is 0. The smallest absolute Gasteiger partial charge is 0.0132 e. The van der Waals surface area contributed by atoms with Gasteiger partial charge in [-0.25, -0.2) is 0 Å². The number of hydrogen-bond acceptors (Lipinski definition) is 1. The van der Waals surface area contributed by atoms with E-state index < -0.39 is 0 Å². The molecule has 2 heteroatoms. The molecule has 0 aliphatic rings. The lowest BCUT2D eigenvalue weighted by atomic mass is 10.8. The summed E-state index contributed by atoms with van der Waals surface area (Å²) < 4.78 is 0. The largest absolute Gasteiger partial charge is 0.110 e. The van der Waals surface area contributed by atoms with Crippen molar-refractivity contribution in [2.24, 2.45) is 0 Å². The third kappa shape index (κ3) is 6.08. The summed E-state index contributed by atoms with van der Waals surface area (Å²) in [5.74, 6) is 0. The molecule has 0 aromatic carbocycles. The molecule has 0 aliphatic heterocycles. The molecular weight excluding hydrogens is 123 g/mol. The average molecular weight is 130 g/mol. The first-order chi connectivity index (χ1) is 3.27. The molecule has 0 spiro atoms. The van der Waals surface area contributed by atoms with Gasteiger partial charge >= 0.3 is 0 Å². The van der Waals surface area contributed by atoms with Crippen molar-refractivity contribution in [1.82, 2.24) is 0 Å². The van der Waals surface area contributed by atoms with E-state index in [0.717, 1.165) is 0 Å². The van der Waals surface area contributed by atoms with Crippen molar-refractivity contribution < 1.29 is 0 Å². The Morgan fingerprint density at radius 3 is 2.71 bits per heavy atom. The van der Waals surface area contributed by atoms with Gasteiger partial charge in [0.15, 0.2) is 0 Å². The lowest BCUT2D eigenvalue weighted by Crippen LogP contribution is -1.47. The van der Waals surface area contributed by atoms with E-state index in [1.807, 2.05) is 12.3 Å². The van der Waals surface area contributed by atoms with E-state index in [4.69, 9.17) is 6.42 Å². The Kier molecular flexibility index (Phi) is 4.29. The predicted molar refractivity (Wildman–Crippen MR) is 39.9 cm³/mol. The van der Waals surface area contributed by atoms with Gasteiger partial charge < -0.3 is 0 Å². The van der Waals surface area contributed by atoms with Crippen LogP contribution in [0.25, 0.3) is 0 Å². The quantitative estimate of drug-likeness (QED) is 0.386. The highest BCUT2D eigenvalue weighted by Gasteiger charge is 1.70. The number of rotatable bonds is 1. The minimum absolute atomic E-state index is 1.17. The van der Waals surface area contributed by atoms with Gasteiger partial charge in [-0.1, -0.05) is 0 Å². The first-order valence-corrected chi connectivity index (χ1v) is 3.26. The van der Waals surface area contributed by atoms with Crippen LogP contribution in [0.2, 0.25) is 0 Å². The molecule has 0 N–H and O–H groups in total. The molecule has 0 radical (unpaired) electrons. The van der Waals surface area contributed by atoms with Crippen LogP contribution in [0.4, 0.5) is 0 Å². The van der Waals surface area contributed by atoms with Gasteiger partial charge in [-0.3, -0.25) is 0 Å². The Morgan fingerprint density at radius 2 is 2.57 bits per heavy atom. The SMILES string of the molecule is C#CS/C=C(/C)P. The third-order valence-electron chi connectivity index (χ3n) is 0.313. The summed E-state index contributed by atoms with van der Waals surface area (Å²) in [7, 11) is 2.55. The lowest BCUT2D eigenvalue weighted by molar-refractivity contribution is 1.72. The van der Waals surface area contributed by atoms with Gasteiger partial charge in [0.05, 0.1) is 0 Å². The normalized spacial score (nSPS) is 10.7. The van der Waals surface area contributed by atoms with E-state index in [1.54, 1.807) is 0 Å². The summed E-state index contributed by atoms with van der Waals surface area (Å²) in [4.78, 5) is 0. The number of hydrogen-bond donors (Lipinski definition) is 0. The van der Waals surface area contributed by atoms with E-state index in [1.165, 1.54) is 17.1 Å². The van der Waals surface area contributed by atoms with Crippen LogP contribution in [0, 0.1) is 11.7 Å². The van der Waals surface area contributed by atoms with Gasteiger partial charge in [-0.15, -0.1) is 15.7 Å². The van der Waals surface area contributed by atoms with Crippen LogP contribution in [0.15, 0.2) is 10.7 Å². The van der Waals surface area contributed by atoms with Crippen molar-refractivity contribution in [2.45, 2.75) is 6.92 Å². The molecular formula is C5H7PS. The standard InChI is InChI=1S/C5H7PS/c1-3-7-4-5(2)6/h1,4H,6H2,2H3/b5-4-. The maximum Gasteiger partial charge on any atom is -0.0132 e. The van der Waals surface area contributed by atoms with Crippen molar-refractivity contribution in [1.29, 1.82) is 0 Å². The minimum Gasteiger partial charge on any atom is -0.110 e. The van der Waals surface area contributed by atoms with Crippen LogP contribution < -0.4 is 0 Å². The van der Waals surface area contributed by atoms with Crippen LogP contribution in [0.1, 0.15) is 6.92 Å². The molecule has 0 fully saturated rings. The summed E-state index contributed by atoms with van der Waals surface area (Å²) in [6.07, 6.45) is 4.94. The van der Waals surface area contributed by atoms with Crippen molar-refractivity contribution in [3.05, 3.63) is 10.7 Å². The molecule has 0 bridgehead atoms. The zero-order valence-electron chi connectivity index (χ0n) is 4.14. The second kappa shape index (κ2) is 4.24. The molecule has 1 atom stereocenters. The van der Waals surface area contributed by atoms with Gasteiger partial charge in [-0.05, 0) is 34.7 Å². The molecule has 7 heavy (non-hydrogen) atoms. The molecule has 0 nitrogen and oxygen atoms in total. The van der Waals surface area contributed by atoms with Crippen molar-refractivity contribution in [3.63, 3.8) is 0 Å². The van der Waals surface area contributed by atoms with Crippen molar-refractivity contribution in [2.75, 3.05) is 0 Å². The van der Waals surface area contributed by atoms with E-state index >= 15 is 0 Å². The average Bonchev–Trinajstić information content (AvgIpc) is 1.61. The molecule has 0 saturated heterocycles. The fourth-order valence-electron chi connectivity index (χ4n) is 0.127. The Balaban J connectivity index is 3.32. The van der Waals surface area contributed by atoms with Crippen LogP contribution >= 0.6 is 21.0 Å². The highest BCUT2D eigenvalue weighted by molar-refractivity contribution is 8.06. The van der Waals surface area contributed by atoms with Gasteiger partial charge in [0.2, 0.25) is 0 Å². The maximum absolute atomic E-state index is 4.94. The molecule has 38 valence electrons. The van der Waals surface area contributed by atoms with E-state index in [0.29, 0.717) is 0 Å². The molecule has 1 unspecified atom stereocenters. The summed E-state index contributed by atoms with van der Waals surface area (Å²) in [5.41, 5.74) is 0. The predicted octanol–water partition coefficient (Wildman–Crippen LogP) is 2.05. The molecule has 0 aromatic rings.